The lowest BCUT2D eigenvalue weighted by Gasteiger charge is -2.34. The Morgan fingerprint density at radius 3 is 2.41 bits per heavy atom. The van der Waals surface area contributed by atoms with Crippen LogP contribution >= 0.6 is 23.4 Å². The number of nitrogens with zero attached hydrogens (tertiary/aromatic N) is 2. The van der Waals surface area contributed by atoms with Gasteiger partial charge in [-0.15, -0.1) is 9.74 Å². The van der Waals surface area contributed by atoms with Gasteiger partial charge in [-0.3, -0.25) is 5.43 Å². The fourth-order valence-electron chi connectivity index (χ4n) is 2.17. The third-order valence-electron chi connectivity index (χ3n) is 2.10. The summed E-state index contributed by atoms with van der Waals surface area (Å²) in [7, 11) is 0. The predicted molar refractivity (Wildman–Crippen MR) is 73.5 cm³/mol. The zero-order chi connectivity index (χ0) is 13.3. The molecule has 0 aromatic heterocycles. The average molecular weight is 279 g/mol. The molecule has 0 saturated carbocycles. The number of hydrazine groups is 1. The summed E-state index contributed by atoms with van der Waals surface area (Å²) < 4.78 is 1.07. The fourth-order valence-corrected chi connectivity index (χ4v) is 2.57. The Morgan fingerprint density at radius 1 is 1.35 bits per heavy atom. The van der Waals surface area contributed by atoms with Crippen LogP contribution in [0.15, 0.2) is 16.3 Å². The highest BCUT2D eigenvalue weighted by molar-refractivity contribution is 6.31. The van der Waals surface area contributed by atoms with Crippen molar-refractivity contribution in [2.24, 2.45) is 10.5 Å². The summed E-state index contributed by atoms with van der Waals surface area (Å²) in [6.45, 7) is 10.9. The Morgan fingerprint density at radius 2 is 1.94 bits per heavy atom. The van der Waals surface area contributed by atoms with Gasteiger partial charge in [0.2, 0.25) is 0 Å². The van der Waals surface area contributed by atoms with E-state index in [-0.39, 0.29) is 11.0 Å². The summed E-state index contributed by atoms with van der Waals surface area (Å²) in [4.78, 5) is 0. The summed E-state index contributed by atoms with van der Waals surface area (Å²) in [5, 5.41) is 7.85. The van der Waals surface area contributed by atoms with Gasteiger partial charge in [0.1, 0.15) is 5.16 Å². The third kappa shape index (κ3) is 5.50. The quantitative estimate of drug-likeness (QED) is 0.602. The summed E-state index contributed by atoms with van der Waals surface area (Å²) in [6.07, 6.45) is 2.71. The molecule has 0 aromatic rings. The lowest BCUT2D eigenvalue weighted by atomic mass is 9.82. The van der Waals surface area contributed by atoms with Gasteiger partial charge in [-0.2, -0.15) is 0 Å². The van der Waals surface area contributed by atoms with Crippen LogP contribution in [0.25, 0.3) is 0 Å². The van der Waals surface area contributed by atoms with Crippen molar-refractivity contribution in [2.75, 3.05) is 0 Å². The van der Waals surface area contributed by atoms with E-state index in [1.807, 2.05) is 0 Å². The van der Waals surface area contributed by atoms with E-state index in [2.05, 4.69) is 50.5 Å². The first-order chi connectivity index (χ1) is 7.57. The molecular weight excluding hydrogens is 259 g/mol. The van der Waals surface area contributed by atoms with Crippen molar-refractivity contribution in [1.29, 1.82) is 0 Å². The SMILES string of the molecule is CC(C)(C)CC(C)(C)NC1=NN(Cl)NC(Cl)=C1. The largest absolute Gasteiger partial charge is 0.364 e. The molecule has 0 spiro atoms. The van der Waals surface area contributed by atoms with E-state index in [1.165, 1.54) is 0 Å². The minimum absolute atomic E-state index is 0.0835. The number of amidine groups is 1. The van der Waals surface area contributed by atoms with E-state index < -0.39 is 0 Å². The Kier molecular flexibility index (Phi) is 4.20. The van der Waals surface area contributed by atoms with Crippen LogP contribution in [0.2, 0.25) is 0 Å². The van der Waals surface area contributed by atoms with Crippen LogP contribution in [0, 0.1) is 5.41 Å². The highest BCUT2D eigenvalue weighted by Crippen LogP contribution is 2.27. The number of halogens is 2. The highest BCUT2D eigenvalue weighted by atomic mass is 35.5. The van der Waals surface area contributed by atoms with Gasteiger partial charge in [-0.1, -0.05) is 32.4 Å². The van der Waals surface area contributed by atoms with Crippen LogP contribution in [0.5, 0.6) is 0 Å². The van der Waals surface area contributed by atoms with Gasteiger partial charge in [0.25, 0.3) is 0 Å². The number of hydrazone groups is 1. The van der Waals surface area contributed by atoms with Gasteiger partial charge in [0.05, 0.1) is 11.8 Å². The molecule has 0 aromatic carbocycles. The van der Waals surface area contributed by atoms with Crippen molar-refractivity contribution in [3.05, 3.63) is 11.2 Å². The second-order valence-corrected chi connectivity index (χ2v) is 6.82. The lowest BCUT2D eigenvalue weighted by molar-refractivity contribution is 0.265. The molecule has 98 valence electrons. The standard InChI is InChI=1S/C11H20Cl2N4/c1-10(2,3)7-11(4,5)14-9-6-8(12)15-17(13)16-9/h6,15H,7H2,1-5H3,(H,14,16). The molecule has 1 rings (SSSR count). The summed E-state index contributed by atoms with van der Waals surface area (Å²) in [6, 6.07) is 0. The monoisotopic (exact) mass is 278 g/mol. The van der Waals surface area contributed by atoms with Crippen LogP contribution in [0.3, 0.4) is 0 Å². The first-order valence-corrected chi connectivity index (χ1v) is 6.26. The molecule has 2 N–H and O–H groups in total. The van der Waals surface area contributed by atoms with Crippen LogP contribution in [-0.4, -0.2) is 16.0 Å². The Bertz CT molecular complexity index is 342. The second kappa shape index (κ2) is 4.94. The third-order valence-corrected chi connectivity index (χ3v) is 2.45. The molecule has 0 bridgehead atoms. The first-order valence-electron chi connectivity index (χ1n) is 5.54. The maximum absolute atomic E-state index is 5.87. The van der Waals surface area contributed by atoms with E-state index in [4.69, 9.17) is 23.4 Å². The van der Waals surface area contributed by atoms with Gasteiger partial charge < -0.3 is 5.32 Å². The van der Waals surface area contributed by atoms with E-state index in [9.17, 15) is 0 Å². The Hall–Kier alpha value is -0.610. The maximum atomic E-state index is 5.87. The Labute approximate surface area is 113 Å². The first kappa shape index (κ1) is 14.5. The average Bonchev–Trinajstić information content (AvgIpc) is 1.93. The van der Waals surface area contributed by atoms with E-state index in [1.54, 1.807) is 6.08 Å². The van der Waals surface area contributed by atoms with Gasteiger partial charge >= 0.3 is 0 Å². The van der Waals surface area contributed by atoms with Crippen LogP contribution < -0.4 is 10.7 Å². The van der Waals surface area contributed by atoms with Crippen molar-refractivity contribution in [3.8, 4) is 0 Å². The van der Waals surface area contributed by atoms with Crippen molar-refractivity contribution in [3.63, 3.8) is 0 Å². The molecule has 0 fully saturated rings. The molecule has 6 heteroatoms. The zero-order valence-electron chi connectivity index (χ0n) is 10.9. The van der Waals surface area contributed by atoms with Gasteiger partial charge in [-0.25, -0.2) is 0 Å². The molecule has 0 aliphatic carbocycles. The van der Waals surface area contributed by atoms with Crippen molar-refractivity contribution < 1.29 is 0 Å². The maximum Gasteiger partial charge on any atom is 0.153 e. The summed E-state index contributed by atoms with van der Waals surface area (Å²) >= 11 is 11.6. The normalized spacial score (nSPS) is 17.2. The minimum Gasteiger partial charge on any atom is -0.364 e. The molecule has 0 unspecified atom stereocenters. The van der Waals surface area contributed by atoms with Crippen LogP contribution in [0.1, 0.15) is 41.0 Å². The predicted octanol–water partition coefficient (Wildman–Crippen LogP) is 3.16. The molecule has 0 amide bonds. The fraction of sp³-hybridized carbons (Fsp3) is 0.727. The molecule has 4 nitrogen and oxygen atoms in total. The minimum atomic E-state index is -0.0835. The van der Waals surface area contributed by atoms with Gasteiger partial charge in [-0.05, 0) is 25.7 Å². The number of hydrogen-bond donors (Lipinski definition) is 2. The molecule has 1 heterocycles. The molecule has 1 aliphatic rings. The van der Waals surface area contributed by atoms with Gasteiger partial charge in [0, 0.05) is 11.6 Å². The molecule has 1 aliphatic heterocycles. The van der Waals surface area contributed by atoms with Crippen molar-refractivity contribution >= 4 is 29.2 Å². The van der Waals surface area contributed by atoms with Crippen LogP contribution in [-0.2, 0) is 0 Å². The number of nitrogens with one attached hydrogen (secondary N) is 2. The number of hydrogen-bond acceptors (Lipinski definition) is 4. The van der Waals surface area contributed by atoms with Crippen molar-refractivity contribution in [1.82, 2.24) is 15.4 Å². The smallest absolute Gasteiger partial charge is 0.153 e. The van der Waals surface area contributed by atoms with E-state index >= 15 is 0 Å². The molecule has 0 atom stereocenters. The molecule has 0 radical (unpaired) electrons. The molecule has 17 heavy (non-hydrogen) atoms. The Balaban J connectivity index is 2.71. The second-order valence-electron chi connectivity index (χ2n) is 6.10. The van der Waals surface area contributed by atoms with Crippen LogP contribution in [0.4, 0.5) is 0 Å². The molecule has 0 saturated heterocycles. The highest BCUT2D eigenvalue weighted by Gasteiger charge is 2.26. The topological polar surface area (TPSA) is 39.7 Å². The zero-order valence-corrected chi connectivity index (χ0v) is 12.4. The van der Waals surface area contributed by atoms with E-state index in [0.29, 0.717) is 11.0 Å². The molecular formula is C11H20Cl2N4. The number of rotatable bonds is 2. The van der Waals surface area contributed by atoms with Gasteiger partial charge in [0.15, 0.2) is 5.84 Å². The summed E-state index contributed by atoms with van der Waals surface area (Å²) in [5.74, 6) is 0.651. The van der Waals surface area contributed by atoms with E-state index in [0.717, 1.165) is 11.1 Å². The summed E-state index contributed by atoms with van der Waals surface area (Å²) in [5.41, 5.74) is 2.79. The lowest BCUT2D eigenvalue weighted by Crippen LogP contribution is -2.47. The van der Waals surface area contributed by atoms with Crippen molar-refractivity contribution in [2.45, 2.75) is 46.6 Å².